The zero-order chi connectivity index (χ0) is 10.2. The molecule has 0 aromatic heterocycles. The molecule has 1 rings (SSSR count). The number of nitrogens with zero attached hydrogens (tertiary/aromatic N) is 1. The van der Waals surface area contributed by atoms with Crippen molar-refractivity contribution in [2.24, 2.45) is 5.92 Å². The minimum atomic E-state index is 0.899. The van der Waals surface area contributed by atoms with Crippen molar-refractivity contribution >= 4 is 0 Å². The molecule has 1 fully saturated rings. The van der Waals surface area contributed by atoms with Gasteiger partial charge in [-0.25, -0.2) is 0 Å². The molecule has 1 saturated heterocycles. The summed E-state index contributed by atoms with van der Waals surface area (Å²) in [4.78, 5) is 2.56. The van der Waals surface area contributed by atoms with Crippen molar-refractivity contribution in [3.8, 4) is 0 Å². The lowest BCUT2D eigenvalue weighted by Gasteiger charge is -2.31. The standard InChI is InChI=1S/C11H24N2O/c1-12-10-11-4-7-13(8-5-11)6-3-9-14-2/h11-12H,3-10H2,1-2H3. The van der Waals surface area contributed by atoms with Crippen molar-refractivity contribution in [3.63, 3.8) is 0 Å². The fraction of sp³-hybridized carbons (Fsp3) is 1.00. The minimum Gasteiger partial charge on any atom is -0.385 e. The molecule has 0 amide bonds. The van der Waals surface area contributed by atoms with Gasteiger partial charge in [0.25, 0.3) is 0 Å². The largest absolute Gasteiger partial charge is 0.385 e. The van der Waals surface area contributed by atoms with Gasteiger partial charge in [0, 0.05) is 20.3 Å². The summed E-state index contributed by atoms with van der Waals surface area (Å²) >= 11 is 0. The smallest absolute Gasteiger partial charge is 0.0474 e. The zero-order valence-corrected chi connectivity index (χ0v) is 9.59. The van der Waals surface area contributed by atoms with Crippen LogP contribution < -0.4 is 5.32 Å². The van der Waals surface area contributed by atoms with Crippen LogP contribution in [0.3, 0.4) is 0 Å². The van der Waals surface area contributed by atoms with Crippen LogP contribution in [0.5, 0.6) is 0 Å². The first-order valence-corrected chi connectivity index (χ1v) is 5.72. The number of nitrogens with one attached hydrogen (secondary N) is 1. The number of ether oxygens (including phenoxy) is 1. The molecule has 0 aromatic carbocycles. The molecular weight excluding hydrogens is 176 g/mol. The fourth-order valence-corrected chi connectivity index (χ4v) is 2.14. The van der Waals surface area contributed by atoms with E-state index in [4.69, 9.17) is 4.74 Å². The molecule has 1 N–H and O–H groups in total. The normalized spacial score (nSPS) is 20.1. The lowest BCUT2D eigenvalue weighted by molar-refractivity contribution is 0.146. The van der Waals surface area contributed by atoms with Crippen LogP contribution in [0.1, 0.15) is 19.3 Å². The average Bonchev–Trinajstić information content (AvgIpc) is 2.21. The van der Waals surface area contributed by atoms with Gasteiger partial charge in [0.1, 0.15) is 0 Å². The molecule has 0 aromatic rings. The van der Waals surface area contributed by atoms with E-state index in [2.05, 4.69) is 10.2 Å². The average molecular weight is 200 g/mol. The van der Waals surface area contributed by atoms with Crippen molar-refractivity contribution in [2.45, 2.75) is 19.3 Å². The molecule has 0 aliphatic carbocycles. The fourth-order valence-electron chi connectivity index (χ4n) is 2.14. The number of hydrogen-bond acceptors (Lipinski definition) is 3. The molecule has 1 heterocycles. The first-order chi connectivity index (χ1) is 6.86. The molecule has 3 nitrogen and oxygen atoms in total. The predicted molar refractivity (Wildman–Crippen MR) is 59.6 cm³/mol. The molecule has 1 aliphatic heterocycles. The third-order valence-electron chi connectivity index (χ3n) is 3.02. The molecule has 0 atom stereocenters. The highest BCUT2D eigenvalue weighted by molar-refractivity contribution is 4.73. The van der Waals surface area contributed by atoms with Gasteiger partial charge in [-0.15, -0.1) is 0 Å². The van der Waals surface area contributed by atoms with Crippen molar-refractivity contribution < 1.29 is 4.74 Å². The maximum absolute atomic E-state index is 5.06. The van der Waals surface area contributed by atoms with Gasteiger partial charge in [-0.05, 0) is 51.9 Å². The predicted octanol–water partition coefficient (Wildman–Crippen LogP) is 0.954. The van der Waals surface area contributed by atoms with Crippen molar-refractivity contribution in [2.75, 3.05) is 46.9 Å². The summed E-state index contributed by atoms with van der Waals surface area (Å²) in [6.07, 6.45) is 3.88. The SMILES string of the molecule is CNCC1CCN(CCCOC)CC1. The van der Waals surface area contributed by atoms with Crippen molar-refractivity contribution in [1.82, 2.24) is 10.2 Å². The van der Waals surface area contributed by atoms with Crippen LogP contribution in [-0.2, 0) is 4.74 Å². The summed E-state index contributed by atoms with van der Waals surface area (Å²) in [5.74, 6) is 0.902. The Bertz CT molecular complexity index is 133. The van der Waals surface area contributed by atoms with Gasteiger partial charge in [0.05, 0.1) is 0 Å². The lowest BCUT2D eigenvalue weighted by atomic mass is 9.97. The summed E-state index contributed by atoms with van der Waals surface area (Å²) in [6, 6.07) is 0. The third kappa shape index (κ3) is 4.40. The van der Waals surface area contributed by atoms with Gasteiger partial charge in [0.15, 0.2) is 0 Å². The highest BCUT2D eigenvalue weighted by Crippen LogP contribution is 2.16. The van der Waals surface area contributed by atoms with Gasteiger partial charge in [-0.2, -0.15) is 0 Å². The van der Waals surface area contributed by atoms with E-state index < -0.39 is 0 Å². The summed E-state index contributed by atoms with van der Waals surface area (Å²) in [5, 5.41) is 3.27. The van der Waals surface area contributed by atoms with Gasteiger partial charge < -0.3 is 15.0 Å². The molecule has 14 heavy (non-hydrogen) atoms. The second kappa shape index (κ2) is 7.21. The van der Waals surface area contributed by atoms with E-state index in [0.29, 0.717) is 0 Å². The Kier molecular flexibility index (Phi) is 6.15. The molecule has 84 valence electrons. The molecule has 3 heteroatoms. The first-order valence-electron chi connectivity index (χ1n) is 5.72. The van der Waals surface area contributed by atoms with E-state index >= 15 is 0 Å². The van der Waals surface area contributed by atoms with Crippen molar-refractivity contribution in [1.29, 1.82) is 0 Å². The van der Waals surface area contributed by atoms with Crippen LogP contribution in [0, 0.1) is 5.92 Å². The number of likely N-dealkylation sites (tertiary alicyclic amines) is 1. The highest BCUT2D eigenvalue weighted by Gasteiger charge is 2.17. The summed E-state index contributed by atoms with van der Waals surface area (Å²) in [6.45, 7) is 5.84. The maximum atomic E-state index is 5.06. The quantitative estimate of drug-likeness (QED) is 0.646. The van der Waals surface area contributed by atoms with Crippen molar-refractivity contribution in [3.05, 3.63) is 0 Å². The highest BCUT2D eigenvalue weighted by atomic mass is 16.5. The minimum absolute atomic E-state index is 0.899. The van der Waals surface area contributed by atoms with Crippen LogP contribution in [0.15, 0.2) is 0 Å². The van der Waals surface area contributed by atoms with Crippen LogP contribution in [0.25, 0.3) is 0 Å². The Balaban J connectivity index is 2.03. The monoisotopic (exact) mass is 200 g/mol. The van der Waals surface area contributed by atoms with E-state index in [9.17, 15) is 0 Å². The van der Waals surface area contributed by atoms with Gasteiger partial charge in [-0.1, -0.05) is 0 Å². The van der Waals surface area contributed by atoms with Crippen LogP contribution in [0.4, 0.5) is 0 Å². The zero-order valence-electron chi connectivity index (χ0n) is 9.59. The van der Waals surface area contributed by atoms with Gasteiger partial charge in [0.2, 0.25) is 0 Å². The third-order valence-corrected chi connectivity index (χ3v) is 3.02. The topological polar surface area (TPSA) is 24.5 Å². The maximum Gasteiger partial charge on any atom is 0.0474 e. The first kappa shape index (κ1) is 12.0. The molecular formula is C11H24N2O. The number of methoxy groups -OCH3 is 1. The number of rotatable bonds is 6. The van der Waals surface area contributed by atoms with Crippen LogP contribution in [-0.4, -0.2) is 51.8 Å². The van der Waals surface area contributed by atoms with E-state index in [1.807, 2.05) is 7.05 Å². The molecule has 0 unspecified atom stereocenters. The second-order valence-electron chi connectivity index (χ2n) is 4.19. The van der Waals surface area contributed by atoms with E-state index in [-0.39, 0.29) is 0 Å². The molecule has 1 aliphatic rings. The summed E-state index contributed by atoms with van der Waals surface area (Å²) < 4.78 is 5.06. The second-order valence-corrected chi connectivity index (χ2v) is 4.19. The summed E-state index contributed by atoms with van der Waals surface area (Å²) in [7, 11) is 3.82. The van der Waals surface area contributed by atoms with Gasteiger partial charge >= 0.3 is 0 Å². The van der Waals surface area contributed by atoms with E-state index in [0.717, 1.165) is 12.5 Å². The Morgan fingerprint density at radius 3 is 2.64 bits per heavy atom. The molecule has 0 spiro atoms. The molecule has 0 bridgehead atoms. The molecule has 0 radical (unpaired) electrons. The molecule has 0 saturated carbocycles. The van der Waals surface area contributed by atoms with E-state index in [1.165, 1.54) is 45.4 Å². The van der Waals surface area contributed by atoms with Crippen LogP contribution >= 0.6 is 0 Å². The summed E-state index contributed by atoms with van der Waals surface area (Å²) in [5.41, 5.74) is 0. The number of piperidine rings is 1. The number of hydrogen-bond donors (Lipinski definition) is 1. The Labute approximate surface area is 87.8 Å². The Hall–Kier alpha value is -0.120. The van der Waals surface area contributed by atoms with Gasteiger partial charge in [-0.3, -0.25) is 0 Å². The van der Waals surface area contributed by atoms with E-state index in [1.54, 1.807) is 7.11 Å². The Morgan fingerprint density at radius 2 is 2.07 bits per heavy atom. The lowest BCUT2D eigenvalue weighted by Crippen LogP contribution is -2.37. The van der Waals surface area contributed by atoms with Crippen LogP contribution in [0.2, 0.25) is 0 Å². The Morgan fingerprint density at radius 1 is 1.36 bits per heavy atom.